The van der Waals surface area contributed by atoms with Crippen molar-refractivity contribution in [3.8, 4) is 5.75 Å². The Morgan fingerprint density at radius 3 is 3.07 bits per heavy atom. The molecule has 1 saturated heterocycles. The molecule has 0 N–H and O–H groups in total. The first-order chi connectivity index (χ1) is 13.3. The molecule has 0 radical (unpaired) electrons. The van der Waals surface area contributed by atoms with Gasteiger partial charge in [-0.3, -0.25) is 14.7 Å². The Kier molecular flexibility index (Phi) is 5.26. The van der Waals surface area contributed by atoms with Gasteiger partial charge < -0.3 is 9.47 Å². The van der Waals surface area contributed by atoms with Gasteiger partial charge in [0.15, 0.2) is 5.13 Å². The van der Waals surface area contributed by atoms with Crippen molar-refractivity contribution in [2.24, 2.45) is 0 Å². The zero-order chi connectivity index (χ0) is 18.6. The third-order valence-electron chi connectivity index (χ3n) is 4.34. The highest BCUT2D eigenvalue weighted by atomic mass is 32.1. The molecule has 140 valence electrons. The van der Waals surface area contributed by atoms with Crippen LogP contribution in [0.25, 0.3) is 10.2 Å². The molecule has 0 saturated carbocycles. The summed E-state index contributed by atoms with van der Waals surface area (Å²) in [6, 6.07) is 5.81. The molecule has 1 amide bonds. The van der Waals surface area contributed by atoms with E-state index in [9.17, 15) is 4.79 Å². The molecule has 0 aliphatic carbocycles. The average Bonchev–Trinajstić information content (AvgIpc) is 3.36. The van der Waals surface area contributed by atoms with Gasteiger partial charge in [0.2, 0.25) is 0 Å². The van der Waals surface area contributed by atoms with Crippen LogP contribution >= 0.6 is 11.3 Å². The van der Waals surface area contributed by atoms with E-state index in [0.717, 1.165) is 35.4 Å². The van der Waals surface area contributed by atoms with Gasteiger partial charge in [-0.2, -0.15) is 0 Å². The lowest BCUT2D eigenvalue weighted by Crippen LogP contribution is -2.38. The van der Waals surface area contributed by atoms with Crippen molar-refractivity contribution in [3.05, 3.63) is 42.5 Å². The van der Waals surface area contributed by atoms with E-state index in [1.165, 1.54) is 23.7 Å². The first-order valence-electron chi connectivity index (χ1n) is 8.98. The third-order valence-corrected chi connectivity index (χ3v) is 5.38. The molecule has 2 aromatic heterocycles. The molecule has 1 aromatic carbocycles. The summed E-state index contributed by atoms with van der Waals surface area (Å²) in [5, 5.41) is 0.614. The normalized spacial score (nSPS) is 16.6. The second-order valence-electron chi connectivity index (χ2n) is 6.17. The number of hydrogen-bond acceptors (Lipinski definition) is 7. The summed E-state index contributed by atoms with van der Waals surface area (Å²) in [6.07, 6.45) is 6.48. The fourth-order valence-electron chi connectivity index (χ4n) is 3.09. The molecule has 3 heterocycles. The largest absolute Gasteiger partial charge is 0.492 e. The van der Waals surface area contributed by atoms with Crippen LogP contribution in [0, 0.1) is 0 Å². The average molecular weight is 384 g/mol. The van der Waals surface area contributed by atoms with Gasteiger partial charge in [-0.15, -0.1) is 0 Å². The molecule has 0 bridgehead atoms. The Morgan fingerprint density at radius 2 is 2.33 bits per heavy atom. The van der Waals surface area contributed by atoms with Gasteiger partial charge in [-0.05, 0) is 31.9 Å². The number of thiazole rings is 1. The maximum Gasteiger partial charge on any atom is 0.280 e. The van der Waals surface area contributed by atoms with E-state index < -0.39 is 0 Å². The lowest BCUT2D eigenvalue weighted by Gasteiger charge is -2.22. The standard InChI is InChI=1S/C19H20N4O3S/c1-2-25-15-6-3-7-16-17(15)22-19(27-16)23(12-13-5-4-10-26-13)18(24)14-11-20-8-9-21-14/h3,6-9,11,13H,2,4-5,10,12H2,1H3. The Hall–Kier alpha value is -2.58. The van der Waals surface area contributed by atoms with Crippen LogP contribution < -0.4 is 9.64 Å². The summed E-state index contributed by atoms with van der Waals surface area (Å²) in [6.45, 7) is 3.67. The molecule has 1 unspecified atom stereocenters. The van der Waals surface area contributed by atoms with Gasteiger partial charge in [0.1, 0.15) is 17.0 Å². The first kappa shape index (κ1) is 17.8. The van der Waals surface area contributed by atoms with Gasteiger partial charge in [-0.25, -0.2) is 9.97 Å². The topological polar surface area (TPSA) is 77.4 Å². The highest BCUT2D eigenvalue weighted by Crippen LogP contribution is 2.35. The lowest BCUT2D eigenvalue weighted by atomic mass is 10.2. The lowest BCUT2D eigenvalue weighted by molar-refractivity contribution is 0.0913. The van der Waals surface area contributed by atoms with E-state index in [2.05, 4.69) is 9.97 Å². The highest BCUT2D eigenvalue weighted by Gasteiger charge is 2.28. The number of carbonyl (C=O) groups is 1. The molecule has 4 rings (SSSR count). The van der Waals surface area contributed by atoms with Crippen LogP contribution in [-0.4, -0.2) is 46.7 Å². The number of aromatic nitrogens is 3. The molecular weight excluding hydrogens is 364 g/mol. The first-order valence-corrected chi connectivity index (χ1v) is 9.79. The summed E-state index contributed by atoms with van der Waals surface area (Å²) in [7, 11) is 0. The van der Waals surface area contributed by atoms with E-state index in [-0.39, 0.29) is 12.0 Å². The smallest absolute Gasteiger partial charge is 0.280 e. The zero-order valence-electron chi connectivity index (χ0n) is 15.0. The van der Waals surface area contributed by atoms with E-state index in [1.54, 1.807) is 11.1 Å². The summed E-state index contributed by atoms with van der Waals surface area (Å²) in [4.78, 5) is 27.7. The number of ether oxygens (including phenoxy) is 2. The molecule has 7 nitrogen and oxygen atoms in total. The van der Waals surface area contributed by atoms with E-state index in [0.29, 0.717) is 24.0 Å². The summed E-state index contributed by atoms with van der Waals surface area (Å²) in [5.41, 5.74) is 1.06. The molecule has 0 spiro atoms. The van der Waals surface area contributed by atoms with Crippen molar-refractivity contribution in [1.29, 1.82) is 0 Å². The van der Waals surface area contributed by atoms with E-state index >= 15 is 0 Å². The van der Waals surface area contributed by atoms with Gasteiger partial charge in [0, 0.05) is 19.0 Å². The zero-order valence-corrected chi connectivity index (χ0v) is 15.8. The van der Waals surface area contributed by atoms with Gasteiger partial charge >= 0.3 is 0 Å². The van der Waals surface area contributed by atoms with Crippen LogP contribution in [0.1, 0.15) is 30.3 Å². The molecule has 1 aliphatic heterocycles. The molecule has 1 aliphatic rings. The monoisotopic (exact) mass is 384 g/mol. The number of para-hydroxylation sites is 1. The Balaban J connectivity index is 1.72. The van der Waals surface area contributed by atoms with Gasteiger partial charge in [-0.1, -0.05) is 17.4 Å². The maximum atomic E-state index is 13.1. The number of hydrogen-bond donors (Lipinski definition) is 0. The van der Waals surface area contributed by atoms with Crippen LogP contribution in [0.2, 0.25) is 0 Å². The number of anilines is 1. The van der Waals surface area contributed by atoms with Crippen LogP contribution in [-0.2, 0) is 4.74 Å². The Bertz CT molecular complexity index is 925. The van der Waals surface area contributed by atoms with Crippen molar-refractivity contribution in [2.75, 3.05) is 24.7 Å². The SMILES string of the molecule is CCOc1cccc2sc(N(CC3CCCO3)C(=O)c3cnccn3)nc12. The molecular formula is C19H20N4O3S. The number of benzene rings is 1. The molecule has 1 fully saturated rings. The predicted octanol–water partition coefficient (Wildman–Crippen LogP) is 3.31. The van der Waals surface area contributed by atoms with Crippen LogP contribution in [0.15, 0.2) is 36.8 Å². The van der Waals surface area contributed by atoms with Crippen LogP contribution in [0.3, 0.4) is 0 Å². The fourth-order valence-corrected chi connectivity index (χ4v) is 4.08. The van der Waals surface area contributed by atoms with Crippen molar-refractivity contribution < 1.29 is 14.3 Å². The number of fused-ring (bicyclic) bond motifs is 1. The minimum Gasteiger partial charge on any atom is -0.492 e. The van der Waals surface area contributed by atoms with Gasteiger partial charge in [0.25, 0.3) is 5.91 Å². The number of amides is 1. The van der Waals surface area contributed by atoms with E-state index in [4.69, 9.17) is 14.5 Å². The predicted molar refractivity (Wildman–Crippen MR) is 103 cm³/mol. The maximum absolute atomic E-state index is 13.1. The summed E-state index contributed by atoms with van der Waals surface area (Å²) < 4.78 is 12.4. The molecule has 27 heavy (non-hydrogen) atoms. The quantitative estimate of drug-likeness (QED) is 0.649. The van der Waals surface area contributed by atoms with Crippen LogP contribution in [0.4, 0.5) is 5.13 Å². The van der Waals surface area contributed by atoms with E-state index in [1.807, 2.05) is 25.1 Å². The minimum atomic E-state index is -0.226. The molecule has 1 atom stereocenters. The highest BCUT2D eigenvalue weighted by molar-refractivity contribution is 7.22. The van der Waals surface area contributed by atoms with Crippen molar-refractivity contribution in [3.63, 3.8) is 0 Å². The summed E-state index contributed by atoms with van der Waals surface area (Å²) in [5.74, 6) is 0.497. The van der Waals surface area contributed by atoms with Gasteiger partial charge in [0.05, 0.1) is 30.2 Å². The van der Waals surface area contributed by atoms with Crippen molar-refractivity contribution in [1.82, 2.24) is 15.0 Å². The second-order valence-corrected chi connectivity index (χ2v) is 7.18. The number of rotatable bonds is 6. The molecule has 3 aromatic rings. The Labute approximate surface area is 161 Å². The fraction of sp³-hybridized carbons (Fsp3) is 0.368. The number of carbonyl (C=O) groups excluding carboxylic acids is 1. The second kappa shape index (κ2) is 7.98. The minimum absolute atomic E-state index is 0.00370. The Morgan fingerprint density at radius 1 is 1.41 bits per heavy atom. The molecule has 8 heteroatoms. The van der Waals surface area contributed by atoms with Crippen molar-refractivity contribution in [2.45, 2.75) is 25.9 Å². The van der Waals surface area contributed by atoms with Crippen molar-refractivity contribution >= 4 is 32.6 Å². The van der Waals surface area contributed by atoms with Crippen LogP contribution in [0.5, 0.6) is 5.75 Å². The third kappa shape index (κ3) is 3.77. The number of nitrogens with zero attached hydrogens (tertiary/aromatic N) is 4. The summed E-state index contributed by atoms with van der Waals surface area (Å²) >= 11 is 1.46.